The summed E-state index contributed by atoms with van der Waals surface area (Å²) in [6, 6.07) is 12.0. The lowest BCUT2D eigenvalue weighted by Crippen LogP contribution is -2.25. The topological polar surface area (TPSA) is 61.8 Å². The third kappa shape index (κ3) is 3.61. The van der Waals surface area contributed by atoms with Gasteiger partial charge in [-0.05, 0) is 56.7 Å². The first-order chi connectivity index (χ1) is 12.3. The van der Waals surface area contributed by atoms with Gasteiger partial charge in [-0.1, -0.05) is 12.1 Å². The Hall–Kier alpha value is -3.08. The molecule has 1 heterocycles. The second-order valence-corrected chi connectivity index (χ2v) is 7.01. The molecule has 2 aromatic carbocycles. The van der Waals surface area contributed by atoms with Gasteiger partial charge in [-0.2, -0.15) is 0 Å². The minimum Gasteiger partial charge on any atom is -0.497 e. The summed E-state index contributed by atoms with van der Waals surface area (Å²) in [5.74, 6) is 1.20. The standard InChI is InChI=1S/C21H20O5/c1-21(2,3)20(23)25-15-7-5-6-13(10-15)11-18-19(22)16-9-8-14(24-4)12-17(16)26-18/h5-12H,1-4H3/b18-11-. The molecular formula is C21H20O5. The number of Topliss-reactive ketones (excluding diaryl/α,β-unsaturated/α-hetero) is 1. The molecule has 2 aromatic rings. The van der Waals surface area contributed by atoms with E-state index in [1.54, 1.807) is 70.4 Å². The maximum atomic E-state index is 12.5. The average Bonchev–Trinajstić information content (AvgIpc) is 2.89. The van der Waals surface area contributed by atoms with E-state index in [1.807, 2.05) is 6.07 Å². The molecule has 0 bridgehead atoms. The quantitative estimate of drug-likeness (QED) is 0.469. The Kier molecular flexibility index (Phi) is 4.55. The third-order valence-electron chi connectivity index (χ3n) is 3.86. The van der Waals surface area contributed by atoms with Crippen LogP contribution in [0.5, 0.6) is 17.2 Å². The second kappa shape index (κ2) is 6.67. The molecule has 5 nitrogen and oxygen atoms in total. The van der Waals surface area contributed by atoms with Gasteiger partial charge in [0.05, 0.1) is 18.1 Å². The number of hydrogen-bond donors (Lipinski definition) is 0. The van der Waals surface area contributed by atoms with Gasteiger partial charge in [0.25, 0.3) is 0 Å². The van der Waals surface area contributed by atoms with Gasteiger partial charge in [0.1, 0.15) is 17.2 Å². The number of ketones is 1. The van der Waals surface area contributed by atoms with E-state index >= 15 is 0 Å². The highest BCUT2D eigenvalue weighted by Gasteiger charge is 2.28. The number of methoxy groups -OCH3 is 1. The van der Waals surface area contributed by atoms with E-state index in [2.05, 4.69) is 0 Å². The summed E-state index contributed by atoms with van der Waals surface area (Å²) >= 11 is 0. The van der Waals surface area contributed by atoms with Crippen molar-refractivity contribution in [2.24, 2.45) is 5.41 Å². The maximum Gasteiger partial charge on any atom is 0.316 e. The van der Waals surface area contributed by atoms with Crippen LogP contribution in [0.15, 0.2) is 48.2 Å². The Morgan fingerprint density at radius 1 is 1.08 bits per heavy atom. The Balaban J connectivity index is 1.84. The average molecular weight is 352 g/mol. The van der Waals surface area contributed by atoms with Crippen molar-refractivity contribution >= 4 is 17.8 Å². The molecule has 0 N–H and O–H groups in total. The molecule has 0 spiro atoms. The summed E-state index contributed by atoms with van der Waals surface area (Å²) in [7, 11) is 1.56. The van der Waals surface area contributed by atoms with Crippen molar-refractivity contribution in [2.45, 2.75) is 20.8 Å². The van der Waals surface area contributed by atoms with Gasteiger partial charge < -0.3 is 14.2 Å². The first kappa shape index (κ1) is 17.7. The molecule has 134 valence electrons. The normalized spacial score (nSPS) is 14.8. The smallest absolute Gasteiger partial charge is 0.316 e. The highest BCUT2D eigenvalue weighted by Crippen LogP contribution is 2.35. The fourth-order valence-corrected chi connectivity index (χ4v) is 2.37. The molecule has 5 heteroatoms. The summed E-state index contributed by atoms with van der Waals surface area (Å²) in [4.78, 5) is 24.5. The van der Waals surface area contributed by atoms with Crippen molar-refractivity contribution in [1.82, 2.24) is 0 Å². The van der Waals surface area contributed by atoms with Crippen molar-refractivity contribution in [3.8, 4) is 17.2 Å². The van der Waals surface area contributed by atoms with Crippen molar-refractivity contribution in [1.29, 1.82) is 0 Å². The Morgan fingerprint density at radius 2 is 1.85 bits per heavy atom. The molecule has 0 aliphatic carbocycles. The van der Waals surface area contributed by atoms with Crippen molar-refractivity contribution in [3.63, 3.8) is 0 Å². The number of benzene rings is 2. The molecular weight excluding hydrogens is 332 g/mol. The molecule has 1 aliphatic rings. The van der Waals surface area contributed by atoms with E-state index in [1.165, 1.54) is 0 Å². The molecule has 0 unspecified atom stereocenters. The Labute approximate surface area is 152 Å². The van der Waals surface area contributed by atoms with Crippen LogP contribution in [0, 0.1) is 5.41 Å². The Bertz CT molecular complexity index is 903. The predicted octanol–water partition coefficient (Wildman–Crippen LogP) is 4.26. The highest BCUT2D eigenvalue weighted by molar-refractivity contribution is 6.14. The van der Waals surface area contributed by atoms with Gasteiger partial charge in [-0.15, -0.1) is 0 Å². The lowest BCUT2D eigenvalue weighted by atomic mass is 9.97. The number of ether oxygens (including phenoxy) is 3. The van der Waals surface area contributed by atoms with Gasteiger partial charge in [-0.3, -0.25) is 9.59 Å². The van der Waals surface area contributed by atoms with Gasteiger partial charge >= 0.3 is 5.97 Å². The van der Waals surface area contributed by atoms with Gasteiger partial charge in [0.15, 0.2) is 5.76 Å². The van der Waals surface area contributed by atoms with Crippen molar-refractivity contribution in [3.05, 3.63) is 59.4 Å². The van der Waals surface area contributed by atoms with E-state index in [-0.39, 0.29) is 17.5 Å². The minimum absolute atomic E-state index is 0.195. The number of rotatable bonds is 3. The Morgan fingerprint density at radius 3 is 2.54 bits per heavy atom. The molecule has 0 atom stereocenters. The van der Waals surface area contributed by atoms with E-state index in [4.69, 9.17) is 14.2 Å². The molecule has 0 fully saturated rings. The van der Waals surface area contributed by atoms with E-state index in [0.717, 1.165) is 0 Å². The second-order valence-electron chi connectivity index (χ2n) is 7.01. The van der Waals surface area contributed by atoms with Crippen LogP contribution in [-0.4, -0.2) is 18.9 Å². The predicted molar refractivity (Wildman–Crippen MR) is 97.5 cm³/mol. The number of hydrogen-bond acceptors (Lipinski definition) is 5. The number of carbonyl (C=O) groups is 2. The molecule has 0 radical (unpaired) electrons. The molecule has 26 heavy (non-hydrogen) atoms. The van der Waals surface area contributed by atoms with Crippen LogP contribution >= 0.6 is 0 Å². The van der Waals surface area contributed by atoms with Gasteiger partial charge in [0, 0.05) is 6.07 Å². The van der Waals surface area contributed by atoms with E-state index in [0.29, 0.717) is 28.4 Å². The lowest BCUT2D eigenvalue weighted by molar-refractivity contribution is -0.142. The monoisotopic (exact) mass is 352 g/mol. The molecule has 3 rings (SSSR count). The SMILES string of the molecule is COc1ccc2c(c1)O/C(=C\c1cccc(OC(=O)C(C)(C)C)c1)C2=O. The number of carbonyl (C=O) groups excluding carboxylic acids is 2. The fraction of sp³-hybridized carbons (Fsp3) is 0.238. The molecule has 0 amide bonds. The molecule has 0 aromatic heterocycles. The number of esters is 1. The summed E-state index contributed by atoms with van der Waals surface area (Å²) in [6.07, 6.45) is 1.63. The number of allylic oxidation sites excluding steroid dienone is 1. The fourth-order valence-electron chi connectivity index (χ4n) is 2.37. The zero-order chi connectivity index (χ0) is 18.9. The van der Waals surface area contributed by atoms with Crippen LogP contribution in [0.1, 0.15) is 36.7 Å². The highest BCUT2D eigenvalue weighted by atomic mass is 16.5. The van der Waals surface area contributed by atoms with Crippen LogP contribution < -0.4 is 14.2 Å². The van der Waals surface area contributed by atoms with Crippen LogP contribution in [0.3, 0.4) is 0 Å². The first-order valence-corrected chi connectivity index (χ1v) is 8.22. The van der Waals surface area contributed by atoms with E-state index in [9.17, 15) is 9.59 Å². The van der Waals surface area contributed by atoms with E-state index < -0.39 is 5.41 Å². The van der Waals surface area contributed by atoms with Crippen LogP contribution in [0.25, 0.3) is 6.08 Å². The molecule has 0 saturated heterocycles. The summed E-state index contributed by atoms with van der Waals surface area (Å²) in [6.45, 7) is 5.37. The van der Waals surface area contributed by atoms with Crippen molar-refractivity contribution < 1.29 is 23.8 Å². The van der Waals surface area contributed by atoms with Crippen LogP contribution in [0.4, 0.5) is 0 Å². The molecule has 1 aliphatic heterocycles. The largest absolute Gasteiger partial charge is 0.497 e. The lowest BCUT2D eigenvalue weighted by Gasteiger charge is -2.16. The first-order valence-electron chi connectivity index (χ1n) is 8.22. The summed E-state index contributed by atoms with van der Waals surface area (Å²) < 4.78 is 16.2. The summed E-state index contributed by atoms with van der Waals surface area (Å²) in [5, 5.41) is 0. The third-order valence-corrected chi connectivity index (χ3v) is 3.86. The van der Waals surface area contributed by atoms with Gasteiger partial charge in [-0.25, -0.2) is 0 Å². The minimum atomic E-state index is -0.598. The maximum absolute atomic E-state index is 12.5. The summed E-state index contributed by atoms with van der Waals surface area (Å²) in [5.41, 5.74) is 0.597. The van der Waals surface area contributed by atoms with Crippen LogP contribution in [-0.2, 0) is 4.79 Å². The molecule has 0 saturated carbocycles. The van der Waals surface area contributed by atoms with Crippen LogP contribution in [0.2, 0.25) is 0 Å². The number of fused-ring (bicyclic) bond motifs is 1. The van der Waals surface area contributed by atoms with Gasteiger partial charge in [0.2, 0.25) is 5.78 Å². The zero-order valence-corrected chi connectivity index (χ0v) is 15.2. The zero-order valence-electron chi connectivity index (χ0n) is 15.2. The van der Waals surface area contributed by atoms with Crippen molar-refractivity contribution in [2.75, 3.05) is 7.11 Å².